The Bertz CT molecular complexity index is 714. The Morgan fingerprint density at radius 3 is 2.95 bits per heavy atom. The van der Waals surface area contributed by atoms with Gasteiger partial charge in [0.1, 0.15) is 12.4 Å². The van der Waals surface area contributed by atoms with Gasteiger partial charge in [0, 0.05) is 5.39 Å². The lowest BCUT2D eigenvalue weighted by Crippen LogP contribution is -2.25. The van der Waals surface area contributed by atoms with Crippen molar-refractivity contribution in [1.82, 2.24) is 4.98 Å². The molecule has 1 aliphatic rings. The highest BCUT2D eigenvalue weighted by molar-refractivity contribution is 5.94. The molecule has 1 aliphatic heterocycles. The summed E-state index contributed by atoms with van der Waals surface area (Å²) in [5.41, 5.74) is 0.592. The zero-order chi connectivity index (χ0) is 14.8. The van der Waals surface area contributed by atoms with E-state index in [0.29, 0.717) is 24.7 Å². The predicted octanol–water partition coefficient (Wildman–Crippen LogP) is 1.91. The van der Waals surface area contributed by atoms with Crippen LogP contribution in [0.5, 0.6) is 0 Å². The first kappa shape index (κ1) is 13.4. The number of anilines is 1. The molecule has 1 aromatic heterocycles. The Kier molecular flexibility index (Phi) is 3.43. The summed E-state index contributed by atoms with van der Waals surface area (Å²) in [6, 6.07) is 9.42. The van der Waals surface area contributed by atoms with Crippen LogP contribution in [0.1, 0.15) is 5.69 Å². The summed E-state index contributed by atoms with van der Waals surface area (Å²) in [6.07, 6.45) is -0.352. The number of esters is 1. The number of nitrogens with zero attached hydrogens (tertiary/aromatic N) is 2. The van der Waals surface area contributed by atoms with Crippen molar-refractivity contribution in [2.75, 3.05) is 25.2 Å². The zero-order valence-electron chi connectivity index (χ0n) is 11.5. The fourth-order valence-corrected chi connectivity index (χ4v) is 2.34. The average Bonchev–Trinajstić information content (AvgIpc) is 2.93. The highest BCUT2D eigenvalue weighted by Gasteiger charge is 2.25. The topological polar surface area (TPSA) is 68.7 Å². The van der Waals surface area contributed by atoms with E-state index >= 15 is 0 Å². The quantitative estimate of drug-likeness (QED) is 0.806. The number of hydrogen-bond acceptors (Lipinski definition) is 5. The number of rotatable bonds is 3. The number of benzene rings is 1. The second-order valence-corrected chi connectivity index (χ2v) is 4.67. The fraction of sp³-hybridized carbons (Fsp3) is 0.267. The van der Waals surface area contributed by atoms with Gasteiger partial charge in [0.05, 0.1) is 25.8 Å². The summed E-state index contributed by atoms with van der Waals surface area (Å²) in [5.74, 6) is 0.129. The first-order chi connectivity index (χ1) is 10.2. The lowest BCUT2D eigenvalue weighted by atomic mass is 10.1. The van der Waals surface area contributed by atoms with E-state index in [1.807, 2.05) is 30.3 Å². The van der Waals surface area contributed by atoms with Gasteiger partial charge in [-0.15, -0.1) is 0 Å². The first-order valence-electron chi connectivity index (χ1n) is 6.59. The van der Waals surface area contributed by atoms with Gasteiger partial charge in [-0.25, -0.2) is 9.78 Å². The van der Waals surface area contributed by atoms with Gasteiger partial charge in [-0.1, -0.05) is 24.3 Å². The van der Waals surface area contributed by atoms with Gasteiger partial charge in [0.2, 0.25) is 0 Å². The lowest BCUT2D eigenvalue weighted by Gasteiger charge is -2.14. The van der Waals surface area contributed by atoms with Crippen molar-refractivity contribution >= 4 is 28.7 Å². The van der Waals surface area contributed by atoms with E-state index in [2.05, 4.69) is 4.98 Å². The minimum atomic E-state index is -0.415. The Morgan fingerprint density at radius 1 is 1.43 bits per heavy atom. The molecule has 2 heterocycles. The van der Waals surface area contributed by atoms with E-state index in [-0.39, 0.29) is 12.4 Å². The molecule has 1 fully saturated rings. The highest BCUT2D eigenvalue weighted by atomic mass is 16.6. The summed E-state index contributed by atoms with van der Waals surface area (Å²) < 4.78 is 9.63. The number of carbonyl (C=O) groups is 2. The largest absolute Gasteiger partial charge is 0.469 e. The second kappa shape index (κ2) is 5.40. The minimum absolute atomic E-state index is 0.0632. The van der Waals surface area contributed by atoms with Gasteiger partial charge in [-0.05, 0) is 11.5 Å². The van der Waals surface area contributed by atoms with Crippen molar-refractivity contribution in [1.29, 1.82) is 0 Å². The van der Waals surface area contributed by atoms with E-state index in [9.17, 15) is 9.59 Å². The van der Waals surface area contributed by atoms with Crippen LogP contribution in [-0.4, -0.2) is 37.3 Å². The number of pyridine rings is 1. The molecule has 21 heavy (non-hydrogen) atoms. The maximum Gasteiger partial charge on any atom is 0.415 e. The number of aromatic nitrogens is 1. The highest BCUT2D eigenvalue weighted by Crippen LogP contribution is 2.25. The number of hydrogen-bond donors (Lipinski definition) is 0. The molecule has 2 aromatic rings. The summed E-state index contributed by atoms with van der Waals surface area (Å²) in [5, 5.41) is 1.79. The van der Waals surface area contributed by atoms with Crippen LogP contribution in [-0.2, 0) is 20.7 Å². The van der Waals surface area contributed by atoms with Gasteiger partial charge in [0.15, 0.2) is 0 Å². The summed E-state index contributed by atoms with van der Waals surface area (Å²) in [7, 11) is 1.34. The zero-order valence-corrected chi connectivity index (χ0v) is 11.5. The maximum atomic E-state index is 11.7. The molecule has 0 atom stereocenters. The SMILES string of the molecule is COC(=O)Cc1nc(N2CCOC2=O)cc2ccccc12. The summed E-state index contributed by atoms with van der Waals surface area (Å²) in [6.45, 7) is 0.807. The van der Waals surface area contributed by atoms with Crippen LogP contribution in [0.3, 0.4) is 0 Å². The van der Waals surface area contributed by atoms with Gasteiger partial charge >= 0.3 is 12.1 Å². The molecule has 0 N–H and O–H groups in total. The molecular formula is C15H14N2O4. The Morgan fingerprint density at radius 2 is 2.24 bits per heavy atom. The molecule has 0 radical (unpaired) electrons. The van der Waals surface area contributed by atoms with E-state index in [1.165, 1.54) is 12.0 Å². The average molecular weight is 286 g/mol. The normalized spacial score (nSPS) is 14.3. The second-order valence-electron chi connectivity index (χ2n) is 4.67. The number of amides is 1. The van der Waals surface area contributed by atoms with Gasteiger partial charge in [-0.2, -0.15) is 0 Å². The van der Waals surface area contributed by atoms with Gasteiger partial charge in [-0.3, -0.25) is 9.69 Å². The van der Waals surface area contributed by atoms with Gasteiger partial charge < -0.3 is 9.47 Å². The predicted molar refractivity (Wildman–Crippen MR) is 76.2 cm³/mol. The van der Waals surface area contributed by atoms with E-state index in [0.717, 1.165) is 10.8 Å². The minimum Gasteiger partial charge on any atom is -0.469 e. The standard InChI is InChI=1S/C15H14N2O4/c1-20-14(18)9-12-11-5-3-2-4-10(11)8-13(16-12)17-6-7-21-15(17)19/h2-5,8H,6-7,9H2,1H3. The molecule has 1 amide bonds. The number of methoxy groups -OCH3 is 1. The first-order valence-corrected chi connectivity index (χ1v) is 6.59. The number of ether oxygens (including phenoxy) is 2. The summed E-state index contributed by atoms with van der Waals surface area (Å²) in [4.78, 5) is 29.1. The number of fused-ring (bicyclic) bond motifs is 1. The monoisotopic (exact) mass is 286 g/mol. The van der Waals surface area contributed by atoms with Crippen molar-refractivity contribution in [2.24, 2.45) is 0 Å². The molecule has 1 saturated heterocycles. The van der Waals surface area contributed by atoms with Crippen LogP contribution < -0.4 is 4.90 Å². The smallest absolute Gasteiger partial charge is 0.415 e. The van der Waals surface area contributed by atoms with Crippen LogP contribution in [0.15, 0.2) is 30.3 Å². The van der Waals surface area contributed by atoms with Crippen molar-refractivity contribution in [3.05, 3.63) is 36.0 Å². The molecule has 0 bridgehead atoms. The van der Waals surface area contributed by atoms with Crippen molar-refractivity contribution in [3.8, 4) is 0 Å². The molecule has 3 rings (SSSR count). The molecule has 0 spiro atoms. The van der Waals surface area contributed by atoms with E-state index < -0.39 is 6.09 Å². The molecule has 108 valence electrons. The van der Waals surface area contributed by atoms with Gasteiger partial charge in [0.25, 0.3) is 0 Å². The van der Waals surface area contributed by atoms with Crippen LogP contribution >= 0.6 is 0 Å². The fourth-order valence-electron chi connectivity index (χ4n) is 2.34. The van der Waals surface area contributed by atoms with Crippen molar-refractivity contribution in [3.63, 3.8) is 0 Å². The molecule has 0 unspecified atom stereocenters. The lowest BCUT2D eigenvalue weighted by molar-refractivity contribution is -0.139. The maximum absolute atomic E-state index is 11.7. The van der Waals surface area contributed by atoms with Crippen LogP contribution in [0.4, 0.5) is 10.6 Å². The Hall–Kier alpha value is -2.63. The number of carbonyl (C=O) groups excluding carboxylic acids is 2. The van der Waals surface area contributed by atoms with E-state index in [1.54, 1.807) is 0 Å². The third-order valence-electron chi connectivity index (χ3n) is 3.38. The van der Waals surface area contributed by atoms with Crippen LogP contribution in [0.2, 0.25) is 0 Å². The molecular weight excluding hydrogens is 272 g/mol. The molecule has 0 aliphatic carbocycles. The van der Waals surface area contributed by atoms with E-state index in [4.69, 9.17) is 9.47 Å². The third-order valence-corrected chi connectivity index (χ3v) is 3.38. The Balaban J connectivity index is 2.10. The van der Waals surface area contributed by atoms with Crippen LogP contribution in [0.25, 0.3) is 10.8 Å². The molecule has 1 aromatic carbocycles. The van der Waals surface area contributed by atoms with Crippen molar-refractivity contribution < 1.29 is 19.1 Å². The molecule has 6 heteroatoms. The Labute approximate surface area is 121 Å². The van der Waals surface area contributed by atoms with Crippen molar-refractivity contribution in [2.45, 2.75) is 6.42 Å². The summed E-state index contributed by atoms with van der Waals surface area (Å²) >= 11 is 0. The van der Waals surface area contributed by atoms with Crippen LogP contribution in [0, 0.1) is 0 Å². The molecule has 0 saturated carbocycles. The number of cyclic esters (lactones) is 1. The molecule has 6 nitrogen and oxygen atoms in total. The third kappa shape index (κ3) is 2.52.